The molecule has 8 nitrogen and oxygen atoms in total. The van der Waals surface area contributed by atoms with E-state index in [1.807, 2.05) is 55.1 Å². The summed E-state index contributed by atoms with van der Waals surface area (Å²) in [4.78, 5) is 21.1. The van der Waals surface area contributed by atoms with Crippen LogP contribution >= 0.6 is 0 Å². The number of sulfonamides is 1. The van der Waals surface area contributed by atoms with Gasteiger partial charge in [-0.1, -0.05) is 36.4 Å². The zero-order valence-corrected chi connectivity index (χ0v) is 23.3. The maximum Gasteiger partial charge on any atom is 0.259 e. The number of nitrogens with zero attached hydrogens (tertiary/aromatic N) is 4. The van der Waals surface area contributed by atoms with Crippen LogP contribution in [0.4, 0.5) is 20.3 Å². The lowest BCUT2D eigenvalue weighted by Gasteiger charge is -2.36. The van der Waals surface area contributed by atoms with E-state index < -0.39 is 39.2 Å². The summed E-state index contributed by atoms with van der Waals surface area (Å²) < 4.78 is 63.0. The van der Waals surface area contributed by atoms with Crippen LogP contribution in [0.15, 0.2) is 54.7 Å². The number of hydrogen-bond acceptors (Lipinski definition) is 6. The molecule has 2 aliphatic heterocycles. The highest BCUT2D eigenvalue weighted by Crippen LogP contribution is 2.32. The van der Waals surface area contributed by atoms with Gasteiger partial charge in [-0.25, -0.2) is 22.2 Å². The van der Waals surface area contributed by atoms with E-state index in [0.29, 0.717) is 13.1 Å². The molecule has 0 radical (unpaired) electrons. The Hall–Kier alpha value is -3.57. The number of anilines is 2. The molecule has 1 aromatic heterocycles. The van der Waals surface area contributed by atoms with Gasteiger partial charge in [0.15, 0.2) is 0 Å². The second kappa shape index (κ2) is 11.5. The van der Waals surface area contributed by atoms with Gasteiger partial charge in [-0.2, -0.15) is 0 Å². The molecule has 212 valence electrons. The average molecular weight is 571 g/mol. The maximum atomic E-state index is 15.3. The Bertz CT molecular complexity index is 1470. The number of piperazine rings is 1. The van der Waals surface area contributed by atoms with Crippen molar-refractivity contribution in [3.8, 4) is 0 Å². The smallest absolute Gasteiger partial charge is 0.259 e. The van der Waals surface area contributed by atoms with E-state index in [4.69, 9.17) is 4.74 Å². The minimum Gasteiger partial charge on any atom is -0.375 e. The van der Waals surface area contributed by atoms with Crippen molar-refractivity contribution in [2.75, 3.05) is 47.7 Å². The van der Waals surface area contributed by atoms with Crippen molar-refractivity contribution in [2.24, 2.45) is 0 Å². The zero-order chi connectivity index (χ0) is 28.4. The molecule has 1 amide bonds. The Morgan fingerprint density at radius 2 is 1.70 bits per heavy atom. The predicted octanol–water partition coefficient (Wildman–Crippen LogP) is 4.06. The van der Waals surface area contributed by atoms with Gasteiger partial charge in [0.2, 0.25) is 10.0 Å². The van der Waals surface area contributed by atoms with Crippen molar-refractivity contribution in [3.63, 3.8) is 0 Å². The number of pyridine rings is 1. The maximum absolute atomic E-state index is 15.3. The molecule has 2 aromatic carbocycles. The highest BCUT2D eigenvalue weighted by molar-refractivity contribution is 7.93. The quantitative estimate of drug-likeness (QED) is 0.426. The number of ether oxygens (including phenoxy) is 1. The highest BCUT2D eigenvalue weighted by atomic mass is 32.2. The summed E-state index contributed by atoms with van der Waals surface area (Å²) in [6, 6.07) is 12.7. The van der Waals surface area contributed by atoms with Gasteiger partial charge in [-0.15, -0.1) is 0 Å². The molecular weight excluding hydrogens is 538 g/mol. The van der Waals surface area contributed by atoms with Gasteiger partial charge in [0.1, 0.15) is 23.0 Å². The van der Waals surface area contributed by atoms with E-state index in [1.54, 1.807) is 6.20 Å². The topological polar surface area (TPSA) is 83.1 Å². The first kappa shape index (κ1) is 28.0. The highest BCUT2D eigenvalue weighted by Gasteiger charge is 2.39. The third-order valence-corrected chi connectivity index (χ3v) is 9.17. The van der Waals surface area contributed by atoms with Crippen molar-refractivity contribution in [1.29, 1.82) is 0 Å². The molecule has 0 N–H and O–H groups in total. The molecule has 0 spiro atoms. The number of carbonyl (C=O) groups is 1. The first-order valence-corrected chi connectivity index (χ1v) is 14.9. The number of aromatic nitrogens is 1. The van der Waals surface area contributed by atoms with E-state index in [0.717, 1.165) is 38.9 Å². The van der Waals surface area contributed by atoms with Crippen molar-refractivity contribution >= 4 is 27.4 Å². The molecule has 0 aliphatic carbocycles. The molecule has 0 bridgehead atoms. The monoisotopic (exact) mass is 570 g/mol. The number of hydrogen-bond donors (Lipinski definition) is 0. The number of rotatable bonds is 7. The van der Waals surface area contributed by atoms with Gasteiger partial charge in [-0.3, -0.25) is 9.10 Å². The first-order valence-electron chi connectivity index (χ1n) is 13.2. The molecule has 2 aliphatic rings. The summed E-state index contributed by atoms with van der Waals surface area (Å²) >= 11 is 0. The number of amides is 1. The molecule has 0 saturated carbocycles. The van der Waals surface area contributed by atoms with E-state index in [9.17, 15) is 13.2 Å². The largest absolute Gasteiger partial charge is 0.375 e. The molecular formula is C29H32F2N4O4S. The van der Waals surface area contributed by atoms with Crippen molar-refractivity contribution in [3.05, 3.63) is 88.6 Å². The second-order valence-corrected chi connectivity index (χ2v) is 12.2. The molecule has 2 saturated heterocycles. The minimum atomic E-state index is -3.80. The predicted molar refractivity (Wildman–Crippen MR) is 149 cm³/mol. The Kier molecular flexibility index (Phi) is 8.04. The Labute approximate surface area is 233 Å². The normalized spacial score (nSPS) is 18.8. The van der Waals surface area contributed by atoms with Gasteiger partial charge >= 0.3 is 0 Å². The summed E-state index contributed by atoms with van der Waals surface area (Å²) in [5, 5.41) is 0. The van der Waals surface area contributed by atoms with Gasteiger partial charge in [0, 0.05) is 32.4 Å². The summed E-state index contributed by atoms with van der Waals surface area (Å²) in [5.74, 6) is -2.28. The standard InChI is InChI=1S/C29H32F2N4O4S/c1-20-14-21(2)28(32-17-20)33-9-11-34(12-10-33)29(36)27-25(30)15-24(16-26(27)31)35-23(8-13-40(35,37)38)19-39-18-22-6-4-3-5-7-22/h3-7,14-17,23H,8-13,18-19H2,1-2H3/t23-/m0/s1. The lowest BCUT2D eigenvalue weighted by molar-refractivity contribution is 0.0736. The summed E-state index contributed by atoms with van der Waals surface area (Å²) in [7, 11) is -3.80. The number of benzene rings is 2. The molecule has 2 fully saturated rings. The fourth-order valence-electron chi connectivity index (χ4n) is 5.35. The third-order valence-electron chi connectivity index (χ3n) is 7.31. The van der Waals surface area contributed by atoms with Gasteiger partial charge in [-0.05, 0) is 49.1 Å². The van der Waals surface area contributed by atoms with Crippen LogP contribution in [0.2, 0.25) is 0 Å². The van der Waals surface area contributed by atoms with Crippen LogP contribution in [-0.4, -0.2) is 68.8 Å². The zero-order valence-electron chi connectivity index (χ0n) is 22.5. The number of carbonyl (C=O) groups excluding carboxylic acids is 1. The third kappa shape index (κ3) is 5.80. The van der Waals surface area contributed by atoms with Crippen LogP contribution in [0.5, 0.6) is 0 Å². The van der Waals surface area contributed by atoms with Crippen LogP contribution in [0.25, 0.3) is 0 Å². The Morgan fingerprint density at radius 3 is 2.35 bits per heavy atom. The van der Waals surface area contributed by atoms with Crippen LogP contribution in [0, 0.1) is 25.5 Å². The SMILES string of the molecule is Cc1cnc(N2CCN(C(=O)c3c(F)cc(N4[C@H](COCc5ccccc5)CCS4(=O)=O)cc3F)CC2)c(C)c1. The van der Waals surface area contributed by atoms with Crippen LogP contribution in [0.3, 0.4) is 0 Å². The number of aryl methyl sites for hydroxylation is 2. The fraction of sp³-hybridized carbons (Fsp3) is 0.379. The summed E-state index contributed by atoms with van der Waals surface area (Å²) in [6.07, 6.45) is 2.05. The molecule has 11 heteroatoms. The molecule has 1 atom stereocenters. The van der Waals surface area contributed by atoms with Gasteiger partial charge in [0.25, 0.3) is 5.91 Å². The summed E-state index contributed by atoms with van der Waals surface area (Å²) in [6.45, 7) is 5.78. The van der Waals surface area contributed by atoms with Gasteiger partial charge in [0.05, 0.1) is 30.7 Å². The molecule has 40 heavy (non-hydrogen) atoms. The first-order chi connectivity index (χ1) is 19.1. The average Bonchev–Trinajstić information content (AvgIpc) is 3.22. The summed E-state index contributed by atoms with van der Waals surface area (Å²) in [5.41, 5.74) is 2.17. The van der Waals surface area contributed by atoms with Crippen LogP contribution in [0.1, 0.15) is 33.5 Å². The fourth-order valence-corrected chi connectivity index (χ4v) is 7.16. The molecule has 3 aromatic rings. The molecule has 3 heterocycles. The van der Waals surface area contributed by atoms with E-state index in [-0.39, 0.29) is 44.2 Å². The van der Waals surface area contributed by atoms with Crippen molar-refractivity contribution in [2.45, 2.75) is 32.9 Å². The lowest BCUT2D eigenvalue weighted by atomic mass is 10.1. The Morgan fingerprint density at radius 1 is 1.02 bits per heavy atom. The lowest BCUT2D eigenvalue weighted by Crippen LogP contribution is -2.49. The minimum absolute atomic E-state index is 0.0671. The van der Waals surface area contributed by atoms with Crippen LogP contribution < -0.4 is 9.21 Å². The molecule has 5 rings (SSSR count). The van der Waals surface area contributed by atoms with Crippen molar-refractivity contribution in [1.82, 2.24) is 9.88 Å². The van der Waals surface area contributed by atoms with Crippen LogP contribution in [-0.2, 0) is 21.4 Å². The van der Waals surface area contributed by atoms with Gasteiger partial charge < -0.3 is 14.5 Å². The van der Waals surface area contributed by atoms with E-state index in [2.05, 4.69) is 4.98 Å². The van der Waals surface area contributed by atoms with E-state index >= 15 is 8.78 Å². The van der Waals surface area contributed by atoms with E-state index in [1.165, 1.54) is 4.90 Å². The number of halogens is 2. The second-order valence-electron chi connectivity index (χ2n) is 10.3. The Balaban J connectivity index is 1.28. The molecule has 0 unspecified atom stereocenters. The van der Waals surface area contributed by atoms with Crippen molar-refractivity contribution < 1.29 is 26.7 Å².